The second-order valence-corrected chi connectivity index (χ2v) is 7.07. The van der Waals surface area contributed by atoms with Crippen molar-refractivity contribution in [2.75, 3.05) is 47.5 Å². The molecule has 1 heterocycles. The molecule has 1 fully saturated rings. The molecule has 1 aromatic rings. The van der Waals surface area contributed by atoms with Gasteiger partial charge in [-0.2, -0.15) is 0 Å². The lowest BCUT2D eigenvalue weighted by Crippen LogP contribution is -2.45. The van der Waals surface area contributed by atoms with Gasteiger partial charge in [0.1, 0.15) is 5.75 Å². The quantitative estimate of drug-likeness (QED) is 0.402. The van der Waals surface area contributed by atoms with Gasteiger partial charge in [-0.3, -0.25) is 4.99 Å². The highest BCUT2D eigenvalue weighted by molar-refractivity contribution is 14.0. The van der Waals surface area contributed by atoms with Crippen molar-refractivity contribution < 1.29 is 9.47 Å². The third-order valence-electron chi connectivity index (χ3n) is 4.76. The first kappa shape index (κ1) is 22.0. The van der Waals surface area contributed by atoms with E-state index in [1.54, 1.807) is 14.2 Å². The van der Waals surface area contributed by atoms with Crippen LogP contribution in [-0.4, -0.2) is 58.4 Å². The first-order valence-corrected chi connectivity index (χ1v) is 8.59. The molecule has 0 saturated carbocycles. The zero-order valence-corrected chi connectivity index (χ0v) is 18.4. The Morgan fingerprint density at radius 3 is 2.52 bits per heavy atom. The average Bonchev–Trinajstić information content (AvgIpc) is 3.04. The molecule has 1 unspecified atom stereocenters. The van der Waals surface area contributed by atoms with Crippen molar-refractivity contribution in [2.24, 2.45) is 10.9 Å². The summed E-state index contributed by atoms with van der Waals surface area (Å²) < 4.78 is 10.5. The summed E-state index contributed by atoms with van der Waals surface area (Å²) in [7, 11) is 5.32. The topological polar surface area (TPSA) is 46.1 Å². The van der Waals surface area contributed by atoms with Crippen molar-refractivity contribution in [3.05, 3.63) is 29.8 Å². The highest BCUT2D eigenvalue weighted by Crippen LogP contribution is 2.25. The third-order valence-corrected chi connectivity index (χ3v) is 4.76. The van der Waals surface area contributed by atoms with Crippen molar-refractivity contribution in [2.45, 2.75) is 25.7 Å². The fraction of sp³-hybridized carbons (Fsp3) is 0.632. The monoisotopic (exact) mass is 461 g/mol. The van der Waals surface area contributed by atoms with Crippen LogP contribution in [-0.2, 0) is 10.2 Å². The Morgan fingerprint density at radius 2 is 1.96 bits per heavy atom. The van der Waals surface area contributed by atoms with Crippen molar-refractivity contribution >= 4 is 29.9 Å². The van der Waals surface area contributed by atoms with Gasteiger partial charge in [0.05, 0.1) is 13.7 Å². The molecule has 0 spiro atoms. The summed E-state index contributed by atoms with van der Waals surface area (Å²) in [5.41, 5.74) is 1.29. The van der Waals surface area contributed by atoms with E-state index in [0.29, 0.717) is 5.92 Å². The number of methoxy groups -OCH3 is 2. The van der Waals surface area contributed by atoms with Crippen LogP contribution >= 0.6 is 24.0 Å². The molecule has 142 valence electrons. The number of likely N-dealkylation sites (tertiary alicyclic amines) is 1. The summed E-state index contributed by atoms with van der Waals surface area (Å²) in [5.74, 6) is 2.47. The van der Waals surface area contributed by atoms with Gasteiger partial charge in [0, 0.05) is 45.1 Å². The van der Waals surface area contributed by atoms with E-state index in [1.807, 2.05) is 19.2 Å². The van der Waals surface area contributed by atoms with Gasteiger partial charge in [0.15, 0.2) is 5.96 Å². The van der Waals surface area contributed by atoms with Crippen molar-refractivity contribution in [3.63, 3.8) is 0 Å². The zero-order chi connectivity index (χ0) is 17.6. The number of nitrogens with one attached hydrogen (secondary N) is 1. The van der Waals surface area contributed by atoms with Crippen LogP contribution in [0.25, 0.3) is 0 Å². The van der Waals surface area contributed by atoms with Crippen LogP contribution in [0.4, 0.5) is 0 Å². The molecule has 0 amide bonds. The standard InChI is InChI=1S/C19H31N3O2.HI/c1-19(2,16-6-8-17(24-5)9-7-16)14-21-18(20-3)22-11-10-15(12-22)13-23-4;/h6-9,15H,10-14H2,1-5H3,(H,20,21);1H. The first-order valence-electron chi connectivity index (χ1n) is 8.59. The van der Waals surface area contributed by atoms with E-state index in [9.17, 15) is 0 Å². The van der Waals surface area contributed by atoms with E-state index in [4.69, 9.17) is 9.47 Å². The molecule has 1 aliphatic heterocycles. The normalized spacial score (nSPS) is 18.0. The Labute approximate surface area is 169 Å². The second kappa shape index (κ2) is 10.2. The molecule has 25 heavy (non-hydrogen) atoms. The third kappa shape index (κ3) is 6.02. The van der Waals surface area contributed by atoms with E-state index >= 15 is 0 Å². The van der Waals surface area contributed by atoms with E-state index in [0.717, 1.165) is 44.4 Å². The number of hydrogen-bond acceptors (Lipinski definition) is 3. The molecule has 0 radical (unpaired) electrons. The molecule has 5 nitrogen and oxygen atoms in total. The van der Waals surface area contributed by atoms with Gasteiger partial charge in [-0.05, 0) is 24.1 Å². The molecule has 6 heteroatoms. The molecule has 1 aliphatic rings. The number of guanidine groups is 1. The number of rotatable bonds is 6. The van der Waals surface area contributed by atoms with Gasteiger partial charge >= 0.3 is 0 Å². The van der Waals surface area contributed by atoms with Gasteiger partial charge < -0.3 is 19.7 Å². The van der Waals surface area contributed by atoms with E-state index < -0.39 is 0 Å². The lowest BCUT2D eigenvalue weighted by Gasteiger charge is -2.29. The summed E-state index contributed by atoms with van der Waals surface area (Å²) in [5, 5.41) is 3.55. The summed E-state index contributed by atoms with van der Waals surface area (Å²) in [4.78, 5) is 6.79. The average molecular weight is 461 g/mol. The Hall–Kier alpha value is -1.02. The molecule has 1 aromatic carbocycles. The maximum absolute atomic E-state index is 5.28. The van der Waals surface area contributed by atoms with Crippen molar-refractivity contribution in [3.8, 4) is 5.75 Å². The Bertz CT molecular complexity index is 546. The van der Waals surface area contributed by atoms with Crippen LogP contribution in [0.3, 0.4) is 0 Å². The molecule has 0 aromatic heterocycles. The van der Waals surface area contributed by atoms with Gasteiger partial charge in [0.25, 0.3) is 0 Å². The van der Waals surface area contributed by atoms with Gasteiger partial charge in [0.2, 0.25) is 0 Å². The van der Waals surface area contributed by atoms with Crippen LogP contribution in [0.2, 0.25) is 0 Å². The maximum Gasteiger partial charge on any atom is 0.193 e. The molecule has 1 saturated heterocycles. The Kier molecular flexibility index (Phi) is 8.99. The highest BCUT2D eigenvalue weighted by atomic mass is 127. The van der Waals surface area contributed by atoms with Crippen LogP contribution < -0.4 is 10.1 Å². The van der Waals surface area contributed by atoms with Crippen LogP contribution in [0.1, 0.15) is 25.8 Å². The van der Waals surface area contributed by atoms with Crippen LogP contribution in [0.5, 0.6) is 5.75 Å². The SMILES string of the molecule is CN=C(NCC(C)(C)c1ccc(OC)cc1)N1CCC(COC)C1.I. The minimum Gasteiger partial charge on any atom is -0.497 e. The zero-order valence-electron chi connectivity index (χ0n) is 16.0. The van der Waals surface area contributed by atoms with E-state index in [2.05, 4.69) is 41.2 Å². The minimum absolute atomic E-state index is 0. The fourth-order valence-electron chi connectivity index (χ4n) is 3.17. The lowest BCUT2D eigenvalue weighted by molar-refractivity contribution is 0.157. The number of aliphatic imine (C=N–C) groups is 1. The number of hydrogen-bond donors (Lipinski definition) is 1. The largest absolute Gasteiger partial charge is 0.497 e. The van der Waals surface area contributed by atoms with E-state index in [1.165, 1.54) is 5.56 Å². The Balaban J connectivity index is 0.00000312. The minimum atomic E-state index is 0. The smallest absolute Gasteiger partial charge is 0.193 e. The van der Waals surface area contributed by atoms with Crippen LogP contribution in [0.15, 0.2) is 29.3 Å². The van der Waals surface area contributed by atoms with Crippen molar-refractivity contribution in [1.29, 1.82) is 0 Å². The second-order valence-electron chi connectivity index (χ2n) is 7.07. The number of nitrogens with zero attached hydrogens (tertiary/aromatic N) is 2. The van der Waals surface area contributed by atoms with Crippen LogP contribution in [0, 0.1) is 5.92 Å². The predicted molar refractivity (Wildman–Crippen MR) is 114 cm³/mol. The summed E-state index contributed by atoms with van der Waals surface area (Å²) in [6.07, 6.45) is 1.16. The highest BCUT2D eigenvalue weighted by Gasteiger charge is 2.27. The number of halogens is 1. The summed E-state index contributed by atoms with van der Waals surface area (Å²) in [6.45, 7) is 8.19. The summed E-state index contributed by atoms with van der Waals surface area (Å²) in [6, 6.07) is 8.30. The summed E-state index contributed by atoms with van der Waals surface area (Å²) >= 11 is 0. The number of benzene rings is 1. The molecule has 1 atom stereocenters. The fourth-order valence-corrected chi connectivity index (χ4v) is 3.17. The molecule has 1 N–H and O–H groups in total. The predicted octanol–water partition coefficient (Wildman–Crippen LogP) is 3.13. The number of ether oxygens (including phenoxy) is 2. The molecular weight excluding hydrogens is 429 g/mol. The molecular formula is C19H32IN3O2. The van der Waals surface area contributed by atoms with Gasteiger partial charge in [-0.25, -0.2) is 0 Å². The molecule has 0 aliphatic carbocycles. The van der Waals surface area contributed by atoms with Gasteiger partial charge in [-0.1, -0.05) is 26.0 Å². The first-order chi connectivity index (χ1) is 11.5. The maximum atomic E-state index is 5.28. The molecule has 2 rings (SSSR count). The van der Waals surface area contributed by atoms with Gasteiger partial charge in [-0.15, -0.1) is 24.0 Å². The molecule has 0 bridgehead atoms. The Morgan fingerprint density at radius 1 is 1.28 bits per heavy atom. The van der Waals surface area contributed by atoms with Crippen molar-refractivity contribution in [1.82, 2.24) is 10.2 Å². The lowest BCUT2D eigenvalue weighted by atomic mass is 9.84. The van der Waals surface area contributed by atoms with E-state index in [-0.39, 0.29) is 29.4 Å².